The average molecular weight is 349 g/mol. The van der Waals surface area contributed by atoms with Gasteiger partial charge < -0.3 is 16.2 Å². The highest BCUT2D eigenvalue weighted by atomic mass is 79.9. The summed E-state index contributed by atoms with van der Waals surface area (Å²) in [6.45, 7) is 0. The molecule has 0 radical (unpaired) electrons. The number of carboxylic acid groups (broad SMARTS) is 1. The zero-order chi connectivity index (χ0) is 15.4. The van der Waals surface area contributed by atoms with Gasteiger partial charge in [0.25, 0.3) is 0 Å². The van der Waals surface area contributed by atoms with Crippen molar-refractivity contribution in [2.45, 2.75) is 6.04 Å². The molecule has 0 heterocycles. The fraction of sp³-hybridized carbons (Fsp3) is 0.0667. The molecular weight excluding hydrogens is 336 g/mol. The highest BCUT2D eigenvalue weighted by molar-refractivity contribution is 9.10. The molecule has 2 aromatic rings. The van der Waals surface area contributed by atoms with Gasteiger partial charge in [-0.05, 0) is 33.6 Å². The maximum absolute atomic E-state index is 12.2. The second kappa shape index (κ2) is 6.51. The van der Waals surface area contributed by atoms with Crippen molar-refractivity contribution in [2.24, 2.45) is 5.73 Å². The van der Waals surface area contributed by atoms with Crippen LogP contribution in [0.1, 0.15) is 22.0 Å². The minimum atomic E-state index is -1.13. The molecular formula is C15H13BrN2O3. The summed E-state index contributed by atoms with van der Waals surface area (Å²) < 4.78 is 0.482. The largest absolute Gasteiger partial charge is 0.478 e. The van der Waals surface area contributed by atoms with Crippen LogP contribution in [-0.4, -0.2) is 17.0 Å². The summed E-state index contributed by atoms with van der Waals surface area (Å²) in [6.07, 6.45) is 0. The van der Waals surface area contributed by atoms with Crippen LogP contribution in [0.4, 0.5) is 5.69 Å². The first-order valence-corrected chi connectivity index (χ1v) is 6.93. The van der Waals surface area contributed by atoms with Crippen LogP contribution in [-0.2, 0) is 4.79 Å². The standard InChI is InChI=1S/C15H13BrN2O3/c16-11-8-4-7-10(15(20)21)13(11)18-14(19)12(17)9-5-2-1-3-6-9/h1-8,12H,17H2,(H,18,19)(H,20,21)/t12-/m0/s1. The summed E-state index contributed by atoms with van der Waals surface area (Å²) in [4.78, 5) is 23.4. The number of anilines is 1. The van der Waals surface area contributed by atoms with Gasteiger partial charge in [0.15, 0.2) is 0 Å². The van der Waals surface area contributed by atoms with Gasteiger partial charge in [0, 0.05) is 4.47 Å². The monoisotopic (exact) mass is 348 g/mol. The number of carboxylic acids is 1. The van der Waals surface area contributed by atoms with E-state index in [0.29, 0.717) is 10.0 Å². The molecule has 0 aliphatic heterocycles. The highest BCUT2D eigenvalue weighted by Crippen LogP contribution is 2.27. The molecule has 0 bridgehead atoms. The third kappa shape index (κ3) is 3.48. The van der Waals surface area contributed by atoms with E-state index < -0.39 is 17.9 Å². The van der Waals surface area contributed by atoms with E-state index in [-0.39, 0.29) is 11.3 Å². The predicted octanol–water partition coefficient (Wildman–Crippen LogP) is 2.79. The molecule has 0 saturated heterocycles. The maximum atomic E-state index is 12.2. The average Bonchev–Trinajstić information content (AvgIpc) is 2.49. The van der Waals surface area contributed by atoms with Crippen LogP contribution in [0.15, 0.2) is 53.0 Å². The first kappa shape index (κ1) is 15.2. The van der Waals surface area contributed by atoms with Crippen LogP contribution in [0.25, 0.3) is 0 Å². The minimum absolute atomic E-state index is 0.00186. The fourth-order valence-electron chi connectivity index (χ4n) is 1.84. The number of nitrogens with two attached hydrogens (primary N) is 1. The Balaban J connectivity index is 2.26. The number of rotatable bonds is 4. The Labute approximate surface area is 129 Å². The van der Waals surface area contributed by atoms with Crippen molar-refractivity contribution in [3.8, 4) is 0 Å². The quantitative estimate of drug-likeness (QED) is 0.791. The number of hydrogen-bond donors (Lipinski definition) is 3. The lowest BCUT2D eigenvalue weighted by Crippen LogP contribution is -2.28. The smallest absolute Gasteiger partial charge is 0.337 e. The molecule has 2 rings (SSSR count). The Morgan fingerprint density at radius 2 is 1.76 bits per heavy atom. The molecule has 0 aliphatic carbocycles. The maximum Gasteiger partial charge on any atom is 0.337 e. The van der Waals surface area contributed by atoms with Crippen LogP contribution >= 0.6 is 15.9 Å². The molecule has 0 aliphatic rings. The van der Waals surface area contributed by atoms with Crippen molar-refractivity contribution in [3.05, 3.63) is 64.1 Å². The lowest BCUT2D eigenvalue weighted by atomic mass is 10.1. The van der Waals surface area contributed by atoms with Crippen molar-refractivity contribution in [3.63, 3.8) is 0 Å². The molecule has 1 atom stereocenters. The van der Waals surface area contributed by atoms with Crippen LogP contribution < -0.4 is 11.1 Å². The Morgan fingerprint density at radius 3 is 2.38 bits per heavy atom. The Morgan fingerprint density at radius 1 is 1.10 bits per heavy atom. The molecule has 6 heteroatoms. The molecule has 2 aromatic carbocycles. The molecule has 5 nitrogen and oxygen atoms in total. The van der Waals surface area contributed by atoms with Crippen molar-refractivity contribution in [1.29, 1.82) is 0 Å². The van der Waals surface area contributed by atoms with Crippen LogP contribution in [0.2, 0.25) is 0 Å². The molecule has 4 N–H and O–H groups in total. The van der Waals surface area contributed by atoms with Gasteiger partial charge in [-0.3, -0.25) is 4.79 Å². The third-order valence-electron chi connectivity index (χ3n) is 2.93. The van der Waals surface area contributed by atoms with Crippen LogP contribution in [0.5, 0.6) is 0 Å². The minimum Gasteiger partial charge on any atom is -0.478 e. The molecule has 0 aromatic heterocycles. The molecule has 108 valence electrons. The summed E-state index contributed by atoms with van der Waals surface area (Å²) in [7, 11) is 0. The summed E-state index contributed by atoms with van der Waals surface area (Å²) >= 11 is 3.23. The number of benzene rings is 2. The topological polar surface area (TPSA) is 92.4 Å². The summed E-state index contributed by atoms with van der Waals surface area (Å²) in [5.41, 5.74) is 6.73. The number of aromatic carboxylic acids is 1. The van der Waals surface area contributed by atoms with E-state index >= 15 is 0 Å². The van der Waals surface area contributed by atoms with Crippen LogP contribution in [0.3, 0.4) is 0 Å². The summed E-state index contributed by atoms with van der Waals surface area (Å²) in [5.74, 6) is -1.60. The number of halogens is 1. The van der Waals surface area contributed by atoms with Gasteiger partial charge in [0.2, 0.25) is 5.91 Å². The van der Waals surface area contributed by atoms with Gasteiger partial charge in [-0.1, -0.05) is 36.4 Å². The molecule has 21 heavy (non-hydrogen) atoms. The summed E-state index contributed by atoms with van der Waals surface area (Å²) in [5, 5.41) is 11.7. The first-order chi connectivity index (χ1) is 10.0. The normalized spacial score (nSPS) is 11.7. The Bertz CT molecular complexity index is 674. The Hall–Kier alpha value is -2.18. The van der Waals surface area contributed by atoms with Crippen molar-refractivity contribution < 1.29 is 14.7 Å². The van der Waals surface area contributed by atoms with E-state index in [9.17, 15) is 9.59 Å². The van der Waals surface area contributed by atoms with Crippen LogP contribution in [0, 0.1) is 0 Å². The molecule has 0 spiro atoms. The van der Waals surface area contributed by atoms with Gasteiger partial charge in [-0.25, -0.2) is 4.79 Å². The van der Waals surface area contributed by atoms with E-state index in [1.165, 1.54) is 6.07 Å². The van der Waals surface area contributed by atoms with Gasteiger partial charge in [0.05, 0.1) is 11.3 Å². The number of nitrogens with one attached hydrogen (secondary N) is 1. The lowest BCUT2D eigenvalue weighted by molar-refractivity contribution is -0.117. The van der Waals surface area contributed by atoms with E-state index in [4.69, 9.17) is 10.8 Å². The third-order valence-corrected chi connectivity index (χ3v) is 3.59. The number of carbonyl (C=O) groups is 2. The Kier molecular flexibility index (Phi) is 4.72. The van der Waals surface area contributed by atoms with Crippen molar-refractivity contribution >= 4 is 33.5 Å². The first-order valence-electron chi connectivity index (χ1n) is 6.14. The van der Waals surface area contributed by atoms with E-state index in [0.717, 1.165) is 0 Å². The van der Waals surface area contributed by atoms with Gasteiger partial charge >= 0.3 is 5.97 Å². The molecule has 0 saturated carbocycles. The molecule has 1 amide bonds. The SMILES string of the molecule is N[C@H](C(=O)Nc1c(Br)cccc1C(=O)O)c1ccccc1. The molecule has 0 unspecified atom stereocenters. The van der Waals surface area contributed by atoms with Gasteiger partial charge in [0.1, 0.15) is 6.04 Å². The van der Waals surface area contributed by atoms with Crippen molar-refractivity contribution in [2.75, 3.05) is 5.32 Å². The zero-order valence-corrected chi connectivity index (χ0v) is 12.5. The number of hydrogen-bond acceptors (Lipinski definition) is 3. The molecule has 0 fully saturated rings. The zero-order valence-electron chi connectivity index (χ0n) is 10.9. The summed E-state index contributed by atoms with van der Waals surface area (Å²) in [6, 6.07) is 12.6. The van der Waals surface area contributed by atoms with E-state index in [1.807, 2.05) is 6.07 Å². The highest BCUT2D eigenvalue weighted by Gasteiger charge is 2.20. The number of amides is 1. The van der Waals surface area contributed by atoms with Gasteiger partial charge in [-0.2, -0.15) is 0 Å². The predicted molar refractivity (Wildman–Crippen MR) is 83.1 cm³/mol. The fourth-order valence-corrected chi connectivity index (χ4v) is 2.31. The van der Waals surface area contributed by atoms with Gasteiger partial charge in [-0.15, -0.1) is 0 Å². The van der Waals surface area contributed by atoms with E-state index in [1.54, 1.807) is 36.4 Å². The number of carbonyl (C=O) groups excluding carboxylic acids is 1. The second-order valence-electron chi connectivity index (χ2n) is 4.35. The number of para-hydroxylation sites is 1. The second-order valence-corrected chi connectivity index (χ2v) is 5.20. The van der Waals surface area contributed by atoms with E-state index in [2.05, 4.69) is 21.2 Å². The van der Waals surface area contributed by atoms with Crippen molar-refractivity contribution in [1.82, 2.24) is 0 Å². The lowest BCUT2D eigenvalue weighted by Gasteiger charge is -2.15.